The normalized spacial score (nSPS) is 17.3. The molecule has 230 valence electrons. The summed E-state index contributed by atoms with van der Waals surface area (Å²) in [5.41, 5.74) is 9.57. The molecule has 9 nitrogen and oxygen atoms in total. The highest BCUT2D eigenvalue weighted by Gasteiger charge is 2.30. The lowest BCUT2D eigenvalue weighted by molar-refractivity contribution is -0.134. The van der Waals surface area contributed by atoms with E-state index < -0.39 is 5.91 Å². The van der Waals surface area contributed by atoms with E-state index in [9.17, 15) is 14.4 Å². The van der Waals surface area contributed by atoms with Crippen LogP contribution in [0, 0.1) is 0 Å². The SMILES string of the molecule is CN(Cc1ccccc1C1CCC(=O)NC1=O)C1CCN(c2ccc(C(N)=O)c(-c3ccc(Oc4ccccc4)cc3)n2)CC1. The van der Waals surface area contributed by atoms with E-state index in [0.717, 1.165) is 60.7 Å². The number of benzene rings is 3. The average molecular weight is 604 g/mol. The third-order valence-corrected chi connectivity index (χ3v) is 8.75. The van der Waals surface area contributed by atoms with Gasteiger partial charge in [-0.25, -0.2) is 4.98 Å². The minimum atomic E-state index is -0.522. The molecule has 3 N–H and O–H groups in total. The summed E-state index contributed by atoms with van der Waals surface area (Å²) in [6.45, 7) is 2.35. The molecule has 6 rings (SSSR count). The first-order chi connectivity index (χ1) is 21.9. The Balaban J connectivity index is 1.12. The maximum Gasteiger partial charge on any atom is 0.250 e. The monoisotopic (exact) mass is 603 g/mol. The van der Waals surface area contributed by atoms with Crippen LogP contribution >= 0.6 is 0 Å². The number of carbonyl (C=O) groups excluding carboxylic acids is 3. The van der Waals surface area contributed by atoms with Crippen molar-refractivity contribution in [3.8, 4) is 22.8 Å². The summed E-state index contributed by atoms with van der Waals surface area (Å²) in [4.78, 5) is 46.1. The van der Waals surface area contributed by atoms with Crippen molar-refractivity contribution in [3.05, 3.63) is 108 Å². The van der Waals surface area contributed by atoms with E-state index in [1.807, 2.05) is 78.9 Å². The minimum Gasteiger partial charge on any atom is -0.457 e. The molecule has 0 aliphatic carbocycles. The van der Waals surface area contributed by atoms with Gasteiger partial charge >= 0.3 is 0 Å². The zero-order valence-electron chi connectivity index (χ0n) is 25.3. The quantitative estimate of drug-likeness (QED) is 0.251. The topological polar surface area (TPSA) is 118 Å². The largest absolute Gasteiger partial charge is 0.457 e. The summed E-state index contributed by atoms with van der Waals surface area (Å²) >= 11 is 0. The molecule has 3 amide bonds. The Labute approximate surface area is 263 Å². The molecule has 0 spiro atoms. The van der Waals surface area contributed by atoms with Gasteiger partial charge in [-0.1, -0.05) is 42.5 Å². The van der Waals surface area contributed by atoms with Crippen LogP contribution in [0.4, 0.5) is 5.82 Å². The number of anilines is 1. The number of carbonyl (C=O) groups is 3. The summed E-state index contributed by atoms with van der Waals surface area (Å²) in [6.07, 6.45) is 2.79. The number of nitrogens with zero attached hydrogens (tertiary/aromatic N) is 3. The zero-order valence-corrected chi connectivity index (χ0v) is 25.3. The third-order valence-electron chi connectivity index (χ3n) is 8.75. The first-order valence-electron chi connectivity index (χ1n) is 15.4. The summed E-state index contributed by atoms with van der Waals surface area (Å²) < 4.78 is 5.92. The molecule has 1 aromatic heterocycles. The Kier molecular flexibility index (Phi) is 8.89. The average Bonchev–Trinajstić information content (AvgIpc) is 3.06. The summed E-state index contributed by atoms with van der Waals surface area (Å²) in [6, 6.07) is 29.1. The van der Waals surface area contributed by atoms with Gasteiger partial charge < -0.3 is 15.4 Å². The maximum absolute atomic E-state index is 12.6. The molecular weight excluding hydrogens is 566 g/mol. The van der Waals surface area contributed by atoms with E-state index in [4.69, 9.17) is 15.5 Å². The molecule has 2 aliphatic rings. The number of hydrogen-bond donors (Lipinski definition) is 2. The van der Waals surface area contributed by atoms with Crippen molar-refractivity contribution in [2.45, 2.75) is 44.2 Å². The Bertz CT molecular complexity index is 1680. The number of imide groups is 1. The minimum absolute atomic E-state index is 0.199. The highest BCUT2D eigenvalue weighted by molar-refractivity contribution is 6.01. The number of ether oxygens (including phenoxy) is 1. The van der Waals surface area contributed by atoms with Crippen LogP contribution in [-0.4, -0.2) is 53.8 Å². The van der Waals surface area contributed by atoms with Crippen LogP contribution in [0.25, 0.3) is 11.3 Å². The first-order valence-corrected chi connectivity index (χ1v) is 15.4. The molecule has 3 heterocycles. The standard InChI is InChI=1S/C36H37N5O4/c1-40(23-25-7-5-6-10-29(25)30-16-18-33(42)39-36(30)44)26-19-21-41(22-20-26)32-17-15-31(35(37)43)34(38-32)24-11-13-28(14-12-24)45-27-8-3-2-4-9-27/h2-15,17,26,30H,16,18-23H2,1H3,(H2,37,43)(H,39,42,44). The lowest BCUT2D eigenvalue weighted by Crippen LogP contribution is -2.44. The summed E-state index contributed by atoms with van der Waals surface area (Å²) in [5, 5.41) is 2.49. The lowest BCUT2D eigenvalue weighted by atomic mass is 9.87. The number of nitrogens with one attached hydrogen (secondary N) is 1. The fourth-order valence-corrected chi connectivity index (χ4v) is 6.29. The van der Waals surface area contributed by atoms with Crippen molar-refractivity contribution in [3.63, 3.8) is 0 Å². The number of amides is 3. The van der Waals surface area contributed by atoms with Crippen molar-refractivity contribution in [1.29, 1.82) is 0 Å². The van der Waals surface area contributed by atoms with E-state index in [1.165, 1.54) is 0 Å². The van der Waals surface area contributed by atoms with Crippen LogP contribution in [0.15, 0.2) is 91.0 Å². The number of pyridine rings is 1. The molecule has 3 aromatic carbocycles. The van der Waals surface area contributed by atoms with Crippen molar-refractivity contribution >= 4 is 23.5 Å². The van der Waals surface area contributed by atoms with Gasteiger partial charge in [0.15, 0.2) is 0 Å². The molecule has 0 radical (unpaired) electrons. The summed E-state index contributed by atoms with van der Waals surface area (Å²) in [5.74, 6) is 1.01. The lowest BCUT2D eigenvalue weighted by Gasteiger charge is -2.38. The number of para-hydroxylation sites is 1. The molecule has 2 fully saturated rings. The second-order valence-corrected chi connectivity index (χ2v) is 11.7. The molecular formula is C36H37N5O4. The van der Waals surface area contributed by atoms with Gasteiger partial charge in [0.05, 0.1) is 17.2 Å². The molecule has 2 saturated heterocycles. The number of hydrogen-bond acceptors (Lipinski definition) is 7. The predicted octanol–water partition coefficient (Wildman–Crippen LogP) is 5.26. The second kappa shape index (κ2) is 13.3. The van der Waals surface area contributed by atoms with Gasteiger partial charge in [-0.3, -0.25) is 24.6 Å². The third kappa shape index (κ3) is 6.89. The van der Waals surface area contributed by atoms with E-state index >= 15 is 0 Å². The van der Waals surface area contributed by atoms with E-state index in [-0.39, 0.29) is 17.7 Å². The highest BCUT2D eigenvalue weighted by Crippen LogP contribution is 2.32. The molecule has 1 unspecified atom stereocenters. The van der Waals surface area contributed by atoms with E-state index in [0.29, 0.717) is 35.9 Å². The smallest absolute Gasteiger partial charge is 0.250 e. The van der Waals surface area contributed by atoms with Crippen LogP contribution in [0.3, 0.4) is 0 Å². The van der Waals surface area contributed by atoms with Gasteiger partial charge in [0.2, 0.25) is 11.8 Å². The number of aromatic nitrogens is 1. The second-order valence-electron chi connectivity index (χ2n) is 11.7. The number of nitrogens with two attached hydrogens (primary N) is 1. The number of piperidine rings is 2. The molecule has 9 heteroatoms. The van der Waals surface area contributed by atoms with E-state index in [2.05, 4.69) is 28.2 Å². The van der Waals surface area contributed by atoms with Gasteiger partial charge in [0.1, 0.15) is 17.3 Å². The molecule has 4 aromatic rings. The van der Waals surface area contributed by atoms with Crippen molar-refractivity contribution in [2.75, 3.05) is 25.0 Å². The van der Waals surface area contributed by atoms with Gasteiger partial charge in [-0.05, 0) is 86.0 Å². The molecule has 0 saturated carbocycles. The Morgan fingerprint density at radius 2 is 1.60 bits per heavy atom. The number of rotatable bonds is 9. The molecule has 1 atom stereocenters. The Morgan fingerprint density at radius 1 is 0.911 bits per heavy atom. The van der Waals surface area contributed by atoms with Crippen LogP contribution < -0.4 is 20.7 Å². The van der Waals surface area contributed by atoms with Crippen molar-refractivity contribution in [2.24, 2.45) is 5.73 Å². The Hall–Kier alpha value is -5.02. The van der Waals surface area contributed by atoms with Crippen LogP contribution in [0.1, 0.15) is 53.1 Å². The predicted molar refractivity (Wildman–Crippen MR) is 173 cm³/mol. The van der Waals surface area contributed by atoms with Crippen molar-refractivity contribution in [1.82, 2.24) is 15.2 Å². The zero-order chi connectivity index (χ0) is 31.3. The maximum atomic E-state index is 12.6. The fraction of sp³-hybridized carbons (Fsp3) is 0.278. The van der Waals surface area contributed by atoms with Gasteiger partial charge in [-0.2, -0.15) is 0 Å². The number of primary amides is 1. The molecule has 45 heavy (non-hydrogen) atoms. The van der Waals surface area contributed by atoms with E-state index in [1.54, 1.807) is 6.07 Å². The van der Waals surface area contributed by atoms with Crippen LogP contribution in [0.5, 0.6) is 11.5 Å². The first kappa shape index (κ1) is 30.0. The molecule has 2 aliphatic heterocycles. The summed E-state index contributed by atoms with van der Waals surface area (Å²) in [7, 11) is 2.13. The van der Waals surface area contributed by atoms with Gasteiger partial charge in [0.25, 0.3) is 5.91 Å². The Morgan fingerprint density at radius 3 is 2.31 bits per heavy atom. The van der Waals surface area contributed by atoms with Gasteiger partial charge in [-0.15, -0.1) is 0 Å². The van der Waals surface area contributed by atoms with Crippen LogP contribution in [-0.2, 0) is 16.1 Å². The van der Waals surface area contributed by atoms with Crippen molar-refractivity contribution < 1.29 is 19.1 Å². The van der Waals surface area contributed by atoms with Gasteiger partial charge in [0, 0.05) is 37.7 Å². The fourth-order valence-electron chi connectivity index (χ4n) is 6.29. The van der Waals surface area contributed by atoms with Crippen LogP contribution in [0.2, 0.25) is 0 Å². The molecule has 0 bridgehead atoms. The highest BCUT2D eigenvalue weighted by atomic mass is 16.5.